The van der Waals surface area contributed by atoms with Gasteiger partial charge in [-0.1, -0.05) is 30.3 Å². The smallest absolute Gasteiger partial charge is 0.237 e. The SMILES string of the molecule is CC(C)(C)NC(=O)C(N)Cc1ccccc1. The van der Waals surface area contributed by atoms with Crippen LogP contribution in [-0.2, 0) is 11.2 Å². The van der Waals surface area contributed by atoms with E-state index in [1.54, 1.807) is 0 Å². The molecule has 1 amide bonds. The van der Waals surface area contributed by atoms with Gasteiger partial charge in [0.1, 0.15) is 0 Å². The Hall–Kier alpha value is -1.35. The van der Waals surface area contributed by atoms with Crippen molar-refractivity contribution in [2.75, 3.05) is 0 Å². The summed E-state index contributed by atoms with van der Waals surface area (Å²) in [6.07, 6.45) is 0.572. The minimum atomic E-state index is -0.485. The average Bonchev–Trinajstić information content (AvgIpc) is 2.16. The molecule has 1 unspecified atom stereocenters. The molecule has 88 valence electrons. The molecule has 0 aliphatic heterocycles. The Balaban J connectivity index is 2.53. The predicted molar refractivity (Wildman–Crippen MR) is 66.0 cm³/mol. The summed E-state index contributed by atoms with van der Waals surface area (Å²) in [5.74, 6) is -0.101. The molecule has 0 aliphatic carbocycles. The molecule has 0 bridgehead atoms. The van der Waals surface area contributed by atoms with Crippen LogP contribution in [-0.4, -0.2) is 17.5 Å². The summed E-state index contributed by atoms with van der Waals surface area (Å²) < 4.78 is 0. The lowest BCUT2D eigenvalue weighted by Gasteiger charge is -2.23. The van der Waals surface area contributed by atoms with Gasteiger partial charge in [0.2, 0.25) is 5.91 Å². The number of nitrogens with one attached hydrogen (secondary N) is 1. The van der Waals surface area contributed by atoms with Crippen molar-refractivity contribution in [3.8, 4) is 0 Å². The average molecular weight is 220 g/mol. The molecule has 1 aromatic carbocycles. The molecule has 1 atom stereocenters. The second kappa shape index (κ2) is 5.12. The lowest BCUT2D eigenvalue weighted by Crippen LogP contribution is -2.49. The van der Waals surface area contributed by atoms with E-state index in [9.17, 15) is 4.79 Å². The third-order valence-corrected chi connectivity index (χ3v) is 2.13. The first kappa shape index (κ1) is 12.7. The van der Waals surface area contributed by atoms with Crippen LogP contribution in [0.1, 0.15) is 26.3 Å². The molecule has 3 N–H and O–H groups in total. The second-order valence-electron chi connectivity index (χ2n) is 5.04. The normalized spacial score (nSPS) is 13.2. The van der Waals surface area contributed by atoms with Crippen molar-refractivity contribution in [3.05, 3.63) is 35.9 Å². The maximum Gasteiger partial charge on any atom is 0.237 e. The van der Waals surface area contributed by atoms with Gasteiger partial charge < -0.3 is 11.1 Å². The van der Waals surface area contributed by atoms with Crippen molar-refractivity contribution in [1.29, 1.82) is 0 Å². The van der Waals surface area contributed by atoms with E-state index in [0.717, 1.165) is 5.56 Å². The molecule has 0 spiro atoms. The van der Waals surface area contributed by atoms with Gasteiger partial charge in [0.15, 0.2) is 0 Å². The van der Waals surface area contributed by atoms with Crippen molar-refractivity contribution < 1.29 is 4.79 Å². The van der Waals surface area contributed by atoms with E-state index in [0.29, 0.717) is 6.42 Å². The highest BCUT2D eigenvalue weighted by atomic mass is 16.2. The number of carbonyl (C=O) groups excluding carboxylic acids is 1. The van der Waals surface area contributed by atoms with Crippen molar-refractivity contribution in [2.24, 2.45) is 5.73 Å². The van der Waals surface area contributed by atoms with Gasteiger partial charge in [0.25, 0.3) is 0 Å². The highest BCUT2D eigenvalue weighted by Gasteiger charge is 2.19. The van der Waals surface area contributed by atoms with Gasteiger partial charge in [-0.3, -0.25) is 4.79 Å². The Morgan fingerprint density at radius 1 is 1.31 bits per heavy atom. The zero-order chi connectivity index (χ0) is 12.2. The summed E-state index contributed by atoms with van der Waals surface area (Å²) >= 11 is 0. The minimum absolute atomic E-state index is 0.101. The standard InChI is InChI=1S/C13H20N2O/c1-13(2,3)15-12(16)11(14)9-10-7-5-4-6-8-10/h4-8,11H,9,14H2,1-3H3,(H,15,16). The van der Waals surface area contributed by atoms with Gasteiger partial charge in [0, 0.05) is 5.54 Å². The molecule has 0 radical (unpaired) electrons. The van der Waals surface area contributed by atoms with Gasteiger partial charge in [-0.05, 0) is 32.8 Å². The highest BCUT2D eigenvalue weighted by Crippen LogP contribution is 2.04. The molecule has 1 aromatic rings. The van der Waals surface area contributed by atoms with E-state index in [4.69, 9.17) is 5.73 Å². The Labute approximate surface area is 97.0 Å². The van der Waals surface area contributed by atoms with E-state index in [1.165, 1.54) is 0 Å². The topological polar surface area (TPSA) is 55.1 Å². The maximum absolute atomic E-state index is 11.7. The Bertz CT molecular complexity index is 341. The Morgan fingerprint density at radius 3 is 2.38 bits per heavy atom. The van der Waals surface area contributed by atoms with Crippen molar-refractivity contribution in [3.63, 3.8) is 0 Å². The zero-order valence-corrected chi connectivity index (χ0v) is 10.2. The van der Waals surface area contributed by atoms with Gasteiger partial charge in [-0.15, -0.1) is 0 Å². The first-order valence-corrected chi connectivity index (χ1v) is 5.50. The highest BCUT2D eigenvalue weighted by molar-refractivity contribution is 5.82. The van der Waals surface area contributed by atoms with Crippen LogP contribution in [0.4, 0.5) is 0 Å². The number of hydrogen-bond acceptors (Lipinski definition) is 2. The number of nitrogens with two attached hydrogens (primary N) is 1. The number of benzene rings is 1. The first-order chi connectivity index (χ1) is 7.38. The van der Waals surface area contributed by atoms with E-state index < -0.39 is 6.04 Å². The van der Waals surface area contributed by atoms with Crippen LogP contribution < -0.4 is 11.1 Å². The van der Waals surface area contributed by atoms with Crippen molar-refractivity contribution in [2.45, 2.75) is 38.8 Å². The number of amides is 1. The Morgan fingerprint density at radius 2 is 1.88 bits per heavy atom. The third-order valence-electron chi connectivity index (χ3n) is 2.13. The van der Waals surface area contributed by atoms with E-state index in [-0.39, 0.29) is 11.4 Å². The molecule has 0 fully saturated rings. The second-order valence-corrected chi connectivity index (χ2v) is 5.04. The van der Waals surface area contributed by atoms with Crippen LogP contribution >= 0.6 is 0 Å². The summed E-state index contributed by atoms with van der Waals surface area (Å²) in [7, 11) is 0. The summed E-state index contributed by atoms with van der Waals surface area (Å²) in [6.45, 7) is 5.83. The monoisotopic (exact) mass is 220 g/mol. The van der Waals surface area contributed by atoms with Crippen LogP contribution in [0, 0.1) is 0 Å². The van der Waals surface area contributed by atoms with Gasteiger partial charge in [0.05, 0.1) is 6.04 Å². The molecular weight excluding hydrogens is 200 g/mol. The number of hydrogen-bond donors (Lipinski definition) is 2. The van der Waals surface area contributed by atoms with Crippen molar-refractivity contribution in [1.82, 2.24) is 5.32 Å². The largest absolute Gasteiger partial charge is 0.350 e. The fourth-order valence-corrected chi connectivity index (χ4v) is 1.42. The lowest BCUT2D eigenvalue weighted by molar-refractivity contribution is -0.123. The number of rotatable bonds is 3. The molecule has 3 heteroatoms. The molecule has 0 aromatic heterocycles. The van der Waals surface area contributed by atoms with Crippen LogP contribution in [0.3, 0.4) is 0 Å². The first-order valence-electron chi connectivity index (χ1n) is 5.50. The molecule has 0 saturated heterocycles. The van der Waals surface area contributed by atoms with Crippen LogP contribution in [0.15, 0.2) is 30.3 Å². The fraction of sp³-hybridized carbons (Fsp3) is 0.462. The summed E-state index contributed by atoms with van der Waals surface area (Å²) in [5, 5.41) is 2.88. The maximum atomic E-state index is 11.7. The van der Waals surface area contributed by atoms with Crippen LogP contribution in [0.5, 0.6) is 0 Å². The zero-order valence-electron chi connectivity index (χ0n) is 10.2. The van der Waals surface area contributed by atoms with Crippen LogP contribution in [0.2, 0.25) is 0 Å². The predicted octanol–water partition coefficient (Wildman–Crippen LogP) is 1.47. The molecule has 16 heavy (non-hydrogen) atoms. The summed E-state index contributed by atoms with van der Waals surface area (Å²) in [5.41, 5.74) is 6.70. The van der Waals surface area contributed by atoms with E-state index in [2.05, 4.69) is 5.32 Å². The van der Waals surface area contributed by atoms with Gasteiger partial charge in [-0.2, -0.15) is 0 Å². The van der Waals surface area contributed by atoms with Gasteiger partial charge >= 0.3 is 0 Å². The van der Waals surface area contributed by atoms with Crippen LogP contribution in [0.25, 0.3) is 0 Å². The number of carbonyl (C=O) groups is 1. The molecule has 3 nitrogen and oxygen atoms in total. The molecule has 0 heterocycles. The summed E-state index contributed by atoms with van der Waals surface area (Å²) in [6, 6.07) is 9.31. The fourth-order valence-electron chi connectivity index (χ4n) is 1.42. The van der Waals surface area contributed by atoms with E-state index in [1.807, 2.05) is 51.1 Å². The molecule has 0 saturated carbocycles. The molecule has 1 rings (SSSR count). The quantitative estimate of drug-likeness (QED) is 0.810. The third kappa shape index (κ3) is 4.45. The van der Waals surface area contributed by atoms with Gasteiger partial charge in [-0.25, -0.2) is 0 Å². The van der Waals surface area contributed by atoms with E-state index >= 15 is 0 Å². The Kier molecular flexibility index (Phi) is 4.07. The molecular formula is C13H20N2O. The van der Waals surface area contributed by atoms with Crippen molar-refractivity contribution >= 4 is 5.91 Å². The molecule has 0 aliphatic rings. The summed E-state index contributed by atoms with van der Waals surface area (Å²) in [4.78, 5) is 11.7. The minimum Gasteiger partial charge on any atom is -0.350 e. The lowest BCUT2D eigenvalue weighted by atomic mass is 10.0.